The van der Waals surface area contributed by atoms with Crippen molar-refractivity contribution >= 4 is 40.8 Å². The number of hydrogen-bond acceptors (Lipinski definition) is 7. The zero-order valence-corrected chi connectivity index (χ0v) is 26.6. The first kappa shape index (κ1) is 29.8. The largest absolute Gasteiger partial charge is 0.352 e. The summed E-state index contributed by atoms with van der Waals surface area (Å²) in [5.74, 6) is 0.785. The number of thioether (sulfide) groups is 1. The number of aryl methyl sites for hydroxylation is 1. The van der Waals surface area contributed by atoms with Gasteiger partial charge in [-0.3, -0.25) is 14.6 Å². The standard InChI is InChI=1S/C33H37ClF2N6OS/c1-4-29(43)40-11-13-41(14-12-40)33-25-15-20(2)30(24-16-26(34)28(36)17-27(24)35)32-31(25)42(21(3)37-33)23(19-44-32)18-38-7-9-39(10-8-38)22-5-6-22/h4,15-17,22-23H,1,3,5-14,18-19H2,2H3/t23-/m0/s1. The van der Waals surface area contributed by atoms with Crippen molar-refractivity contribution in [2.75, 3.05) is 69.6 Å². The maximum atomic E-state index is 15.4. The van der Waals surface area contributed by atoms with Gasteiger partial charge >= 0.3 is 0 Å². The van der Waals surface area contributed by atoms with E-state index in [1.54, 1.807) is 16.7 Å². The second kappa shape index (κ2) is 11.8. The van der Waals surface area contributed by atoms with Gasteiger partial charge in [-0.15, -0.1) is 11.8 Å². The van der Waals surface area contributed by atoms with E-state index in [4.69, 9.17) is 16.6 Å². The molecule has 3 fully saturated rings. The molecule has 0 spiro atoms. The summed E-state index contributed by atoms with van der Waals surface area (Å²) in [5.41, 5.74) is 3.83. The first-order chi connectivity index (χ1) is 21.2. The summed E-state index contributed by atoms with van der Waals surface area (Å²) in [6.45, 7) is 17.6. The Morgan fingerprint density at radius 3 is 2.45 bits per heavy atom. The maximum Gasteiger partial charge on any atom is 0.246 e. The molecular weight excluding hydrogens is 602 g/mol. The molecule has 7 rings (SSSR count). The number of piperazine rings is 2. The van der Waals surface area contributed by atoms with Gasteiger partial charge in [-0.2, -0.15) is 0 Å². The van der Waals surface area contributed by atoms with Gasteiger partial charge < -0.3 is 14.7 Å². The van der Waals surface area contributed by atoms with Crippen LogP contribution in [0.3, 0.4) is 0 Å². The number of amidine groups is 1. The van der Waals surface area contributed by atoms with Crippen molar-refractivity contribution in [1.82, 2.24) is 19.6 Å². The zero-order chi connectivity index (χ0) is 30.7. The molecule has 44 heavy (non-hydrogen) atoms. The molecule has 2 aromatic carbocycles. The van der Waals surface area contributed by atoms with Crippen LogP contribution in [0, 0.1) is 18.6 Å². The minimum Gasteiger partial charge on any atom is -0.352 e. The predicted molar refractivity (Wildman–Crippen MR) is 174 cm³/mol. The highest BCUT2D eigenvalue weighted by molar-refractivity contribution is 7.99. The van der Waals surface area contributed by atoms with Crippen molar-refractivity contribution in [2.24, 2.45) is 4.99 Å². The highest BCUT2D eigenvalue weighted by atomic mass is 35.5. The number of rotatable bonds is 5. The topological polar surface area (TPSA) is 45.6 Å². The van der Waals surface area contributed by atoms with Gasteiger partial charge in [0.1, 0.15) is 23.3 Å². The van der Waals surface area contributed by atoms with E-state index < -0.39 is 11.6 Å². The van der Waals surface area contributed by atoms with Crippen LogP contribution < -0.4 is 4.90 Å². The number of hydrogen-bond donors (Lipinski definition) is 0. The van der Waals surface area contributed by atoms with Gasteiger partial charge in [0.25, 0.3) is 0 Å². The summed E-state index contributed by atoms with van der Waals surface area (Å²) >= 11 is 7.90. The molecule has 0 aromatic heterocycles. The average molecular weight is 639 g/mol. The fourth-order valence-corrected chi connectivity index (χ4v) is 8.62. The third kappa shape index (κ3) is 5.33. The Kier molecular flexibility index (Phi) is 7.97. The second-order valence-electron chi connectivity index (χ2n) is 12.3. The molecule has 232 valence electrons. The van der Waals surface area contributed by atoms with E-state index in [-0.39, 0.29) is 17.0 Å². The smallest absolute Gasteiger partial charge is 0.246 e. The molecule has 5 aliphatic rings. The van der Waals surface area contributed by atoms with Crippen LogP contribution in [0.4, 0.5) is 14.5 Å². The molecule has 1 atom stereocenters. The molecule has 0 N–H and O–H groups in total. The predicted octanol–water partition coefficient (Wildman–Crippen LogP) is 5.22. The molecule has 1 saturated carbocycles. The van der Waals surface area contributed by atoms with E-state index in [1.807, 2.05) is 6.92 Å². The molecule has 0 radical (unpaired) electrons. The van der Waals surface area contributed by atoms with Gasteiger partial charge in [0, 0.05) is 98.3 Å². The Hall–Kier alpha value is -2.92. The van der Waals surface area contributed by atoms with Crippen LogP contribution in [-0.2, 0) is 4.79 Å². The third-order valence-electron chi connectivity index (χ3n) is 9.52. The van der Waals surface area contributed by atoms with Gasteiger partial charge in [0.15, 0.2) is 0 Å². The molecule has 1 amide bonds. The molecule has 7 nitrogen and oxygen atoms in total. The molecule has 2 aromatic rings. The van der Waals surface area contributed by atoms with E-state index in [2.05, 4.69) is 38.8 Å². The fourth-order valence-electron chi connectivity index (χ4n) is 7.08. The van der Waals surface area contributed by atoms with Crippen LogP contribution in [0.15, 0.2) is 53.1 Å². The summed E-state index contributed by atoms with van der Waals surface area (Å²) in [4.78, 5) is 29.7. The minimum absolute atomic E-state index is 0.0689. The van der Waals surface area contributed by atoms with Crippen molar-refractivity contribution in [3.8, 4) is 11.1 Å². The molecule has 11 heteroatoms. The van der Waals surface area contributed by atoms with Crippen LogP contribution in [0.5, 0.6) is 0 Å². The molecule has 4 aliphatic heterocycles. The van der Waals surface area contributed by atoms with E-state index in [1.165, 1.54) is 25.0 Å². The van der Waals surface area contributed by atoms with E-state index >= 15 is 4.39 Å². The first-order valence-electron chi connectivity index (χ1n) is 15.4. The minimum atomic E-state index is -0.773. The third-order valence-corrected chi connectivity index (χ3v) is 11.0. The molecule has 1 aliphatic carbocycles. The van der Waals surface area contributed by atoms with Gasteiger partial charge in [-0.1, -0.05) is 24.8 Å². The lowest BCUT2D eigenvalue weighted by Gasteiger charge is -2.47. The molecule has 4 heterocycles. The Labute approximate surface area is 266 Å². The van der Waals surface area contributed by atoms with Gasteiger partial charge in [-0.05, 0) is 43.5 Å². The Morgan fingerprint density at radius 2 is 1.77 bits per heavy atom. The van der Waals surface area contributed by atoms with Crippen LogP contribution >= 0.6 is 23.4 Å². The highest BCUT2D eigenvalue weighted by Gasteiger charge is 2.40. The van der Waals surface area contributed by atoms with E-state index in [9.17, 15) is 9.18 Å². The second-order valence-corrected chi connectivity index (χ2v) is 13.7. The Morgan fingerprint density at radius 1 is 1.05 bits per heavy atom. The maximum absolute atomic E-state index is 15.4. The van der Waals surface area contributed by atoms with Crippen molar-refractivity contribution in [2.45, 2.75) is 36.7 Å². The summed E-state index contributed by atoms with van der Waals surface area (Å²) in [6.07, 6.45) is 4.01. The fraction of sp³-hybridized carbons (Fsp3) is 0.455. The Bertz CT molecular complexity index is 1560. The van der Waals surface area contributed by atoms with Crippen molar-refractivity contribution in [3.05, 3.63) is 71.0 Å². The van der Waals surface area contributed by atoms with Gasteiger partial charge in [-0.25, -0.2) is 13.8 Å². The number of nitrogens with zero attached hydrogens (tertiary/aromatic N) is 6. The normalized spacial score (nSPS) is 22.6. The number of carbonyl (C=O) groups is 1. The van der Waals surface area contributed by atoms with E-state index in [0.29, 0.717) is 37.6 Å². The van der Waals surface area contributed by atoms with Crippen LogP contribution in [0.2, 0.25) is 5.02 Å². The summed E-state index contributed by atoms with van der Waals surface area (Å²) in [6, 6.07) is 5.26. The summed E-state index contributed by atoms with van der Waals surface area (Å²) < 4.78 is 29.6. The monoisotopic (exact) mass is 638 g/mol. The van der Waals surface area contributed by atoms with Crippen LogP contribution in [-0.4, -0.2) is 108 Å². The SMILES string of the molecule is C=CC(=O)N1CCN(C2=NC(=C)N3c4c2cc(C)c(-c2cc(Cl)c(F)cc2F)c4SC[C@@H]3CN2CCN(C3CC3)CC2)CC1. The highest BCUT2D eigenvalue weighted by Crippen LogP contribution is 2.51. The number of anilines is 1. The van der Waals surface area contributed by atoms with Crippen molar-refractivity contribution in [1.29, 1.82) is 0 Å². The number of aliphatic imine (C=N–C) groups is 1. The number of amides is 1. The van der Waals surface area contributed by atoms with Crippen molar-refractivity contribution in [3.63, 3.8) is 0 Å². The average Bonchev–Trinajstić information content (AvgIpc) is 3.87. The quantitative estimate of drug-likeness (QED) is 0.331. The van der Waals surface area contributed by atoms with Crippen molar-refractivity contribution < 1.29 is 13.6 Å². The van der Waals surface area contributed by atoms with Gasteiger partial charge in [0.05, 0.1) is 16.8 Å². The number of benzene rings is 2. The first-order valence-corrected chi connectivity index (χ1v) is 16.7. The molecular formula is C33H37ClF2N6OS. The lowest BCUT2D eigenvalue weighted by atomic mass is 9.93. The summed E-state index contributed by atoms with van der Waals surface area (Å²) in [5, 5.41) is -0.106. The lowest BCUT2D eigenvalue weighted by Crippen LogP contribution is -2.55. The molecule has 0 bridgehead atoms. The zero-order valence-electron chi connectivity index (χ0n) is 25.0. The molecule has 0 unspecified atom stereocenters. The van der Waals surface area contributed by atoms with E-state index in [0.717, 1.165) is 83.7 Å². The van der Waals surface area contributed by atoms with Crippen LogP contribution in [0.25, 0.3) is 11.1 Å². The molecule has 2 saturated heterocycles. The Balaban J connectivity index is 1.27. The van der Waals surface area contributed by atoms with Gasteiger partial charge in [0.2, 0.25) is 5.91 Å². The lowest BCUT2D eigenvalue weighted by molar-refractivity contribution is -0.127. The number of halogens is 3. The number of carbonyl (C=O) groups excluding carboxylic acids is 1. The summed E-state index contributed by atoms with van der Waals surface area (Å²) in [7, 11) is 0. The van der Waals surface area contributed by atoms with Crippen LogP contribution in [0.1, 0.15) is 24.0 Å².